The van der Waals surface area contributed by atoms with Gasteiger partial charge in [0.2, 0.25) is 0 Å². The predicted octanol–water partition coefficient (Wildman–Crippen LogP) is 4.60. The van der Waals surface area contributed by atoms with Crippen LogP contribution in [-0.4, -0.2) is 11.0 Å². The average molecular weight is 265 g/mol. The molecule has 1 N–H and O–H groups in total. The summed E-state index contributed by atoms with van der Waals surface area (Å²) in [5.74, 6) is 0.935. The molecule has 0 aromatic heterocycles. The Balaban J connectivity index is 2.01. The van der Waals surface area contributed by atoms with Gasteiger partial charge in [0.15, 0.2) is 0 Å². The molecule has 0 atom stereocenters. The average Bonchev–Trinajstić information content (AvgIpc) is 2.41. The van der Waals surface area contributed by atoms with Crippen LogP contribution < -0.4 is 5.32 Å². The van der Waals surface area contributed by atoms with Gasteiger partial charge < -0.3 is 5.32 Å². The van der Waals surface area contributed by atoms with Crippen molar-refractivity contribution in [3.05, 3.63) is 35.9 Å². The highest BCUT2D eigenvalue weighted by molar-refractivity contribution is 8.13. The van der Waals surface area contributed by atoms with Crippen molar-refractivity contribution in [3.63, 3.8) is 0 Å². The van der Waals surface area contributed by atoms with Crippen LogP contribution in [0.5, 0.6) is 0 Å². The number of hydrogen-bond donors (Lipinski definition) is 1. The molecule has 0 bridgehead atoms. The molecule has 18 heavy (non-hydrogen) atoms. The zero-order valence-electron chi connectivity index (χ0n) is 11.2. The summed E-state index contributed by atoms with van der Waals surface area (Å²) in [7, 11) is 0. The summed E-state index contributed by atoms with van der Waals surface area (Å²) < 4.78 is 0. The predicted molar refractivity (Wildman–Crippen MR) is 79.9 cm³/mol. The molecule has 2 nitrogen and oxygen atoms in total. The lowest BCUT2D eigenvalue weighted by Crippen LogP contribution is -2.18. The van der Waals surface area contributed by atoms with E-state index in [1.54, 1.807) is 0 Å². The van der Waals surface area contributed by atoms with Crippen molar-refractivity contribution in [1.82, 2.24) is 5.32 Å². The highest BCUT2D eigenvalue weighted by atomic mass is 32.2. The standard InChI is InChI=1S/C15H23NOS/c1-2-3-4-5-9-12-18-15(17)16-13-14-10-7-6-8-11-14/h6-8,10-11H,2-5,9,12-13H2,1H3,(H,16,17). The highest BCUT2D eigenvalue weighted by Crippen LogP contribution is 2.09. The second-order valence-corrected chi connectivity index (χ2v) is 5.46. The largest absolute Gasteiger partial charge is 0.343 e. The molecule has 0 saturated carbocycles. The lowest BCUT2D eigenvalue weighted by molar-refractivity contribution is 0.260. The van der Waals surface area contributed by atoms with Gasteiger partial charge in [-0.3, -0.25) is 4.79 Å². The second-order valence-electron chi connectivity index (χ2n) is 4.39. The lowest BCUT2D eigenvalue weighted by Gasteiger charge is -2.04. The van der Waals surface area contributed by atoms with E-state index in [1.165, 1.54) is 37.4 Å². The fourth-order valence-electron chi connectivity index (χ4n) is 1.69. The third kappa shape index (κ3) is 7.38. The van der Waals surface area contributed by atoms with E-state index in [1.807, 2.05) is 30.3 Å². The third-order valence-electron chi connectivity index (χ3n) is 2.76. The minimum atomic E-state index is 0.0920. The Morgan fingerprint density at radius 1 is 1.11 bits per heavy atom. The summed E-state index contributed by atoms with van der Waals surface area (Å²) >= 11 is 1.40. The lowest BCUT2D eigenvalue weighted by atomic mass is 10.2. The van der Waals surface area contributed by atoms with Crippen molar-refractivity contribution < 1.29 is 4.79 Å². The molecule has 0 aliphatic carbocycles. The first-order valence-corrected chi connectivity index (χ1v) is 7.76. The van der Waals surface area contributed by atoms with E-state index in [0.717, 1.165) is 17.7 Å². The van der Waals surface area contributed by atoms with Crippen molar-refractivity contribution >= 4 is 17.0 Å². The van der Waals surface area contributed by atoms with Crippen LogP contribution in [0.25, 0.3) is 0 Å². The van der Waals surface area contributed by atoms with Crippen molar-refractivity contribution in [2.24, 2.45) is 0 Å². The van der Waals surface area contributed by atoms with Crippen LogP contribution in [0.15, 0.2) is 30.3 Å². The maximum absolute atomic E-state index is 11.6. The molecule has 0 aliphatic heterocycles. The number of hydrogen-bond acceptors (Lipinski definition) is 2. The number of unbranched alkanes of at least 4 members (excludes halogenated alkanes) is 4. The minimum absolute atomic E-state index is 0.0920. The van der Waals surface area contributed by atoms with Gasteiger partial charge in [-0.2, -0.15) is 0 Å². The van der Waals surface area contributed by atoms with Gasteiger partial charge in [0.1, 0.15) is 0 Å². The van der Waals surface area contributed by atoms with Crippen LogP contribution >= 0.6 is 11.8 Å². The molecule has 100 valence electrons. The Bertz CT molecular complexity index is 327. The summed E-state index contributed by atoms with van der Waals surface area (Å²) in [5, 5.41) is 3.02. The molecular formula is C15H23NOS. The van der Waals surface area contributed by atoms with E-state index in [4.69, 9.17) is 0 Å². The molecule has 0 unspecified atom stereocenters. The molecule has 1 aromatic carbocycles. The molecule has 1 amide bonds. The Morgan fingerprint density at radius 2 is 1.83 bits per heavy atom. The number of nitrogens with one attached hydrogen (secondary N) is 1. The number of thioether (sulfide) groups is 1. The topological polar surface area (TPSA) is 29.1 Å². The molecule has 3 heteroatoms. The summed E-state index contributed by atoms with van der Waals surface area (Å²) in [4.78, 5) is 11.6. The van der Waals surface area contributed by atoms with Gasteiger partial charge in [0, 0.05) is 12.3 Å². The van der Waals surface area contributed by atoms with Gasteiger partial charge in [0.25, 0.3) is 5.24 Å². The SMILES string of the molecule is CCCCCCCSC(=O)NCc1ccccc1. The van der Waals surface area contributed by atoms with Crippen LogP contribution in [0.1, 0.15) is 44.6 Å². The number of carbonyl (C=O) groups is 1. The highest BCUT2D eigenvalue weighted by Gasteiger charge is 2.01. The Kier molecular flexibility index (Phi) is 8.40. The van der Waals surface area contributed by atoms with Crippen molar-refractivity contribution in [2.75, 3.05) is 5.75 Å². The van der Waals surface area contributed by atoms with Gasteiger partial charge in [0.05, 0.1) is 0 Å². The first-order chi connectivity index (χ1) is 8.83. The van der Waals surface area contributed by atoms with Gasteiger partial charge in [-0.15, -0.1) is 0 Å². The van der Waals surface area contributed by atoms with Crippen LogP contribution in [0.4, 0.5) is 4.79 Å². The molecule has 0 saturated heterocycles. The van der Waals surface area contributed by atoms with Crippen LogP contribution in [0.3, 0.4) is 0 Å². The fraction of sp³-hybridized carbons (Fsp3) is 0.533. The van der Waals surface area contributed by atoms with Gasteiger partial charge in [-0.25, -0.2) is 0 Å². The number of carbonyl (C=O) groups excluding carboxylic acids is 1. The van der Waals surface area contributed by atoms with E-state index >= 15 is 0 Å². The number of benzene rings is 1. The Hall–Kier alpha value is -0.960. The smallest absolute Gasteiger partial charge is 0.279 e. The maximum Gasteiger partial charge on any atom is 0.279 e. The van der Waals surface area contributed by atoms with Crippen molar-refractivity contribution in [3.8, 4) is 0 Å². The maximum atomic E-state index is 11.6. The van der Waals surface area contributed by atoms with E-state index in [9.17, 15) is 4.79 Å². The molecule has 0 spiro atoms. The zero-order chi connectivity index (χ0) is 13.1. The first kappa shape index (κ1) is 15.1. The van der Waals surface area contributed by atoms with Gasteiger partial charge in [-0.1, -0.05) is 74.7 Å². The molecule has 0 radical (unpaired) electrons. The zero-order valence-corrected chi connectivity index (χ0v) is 12.0. The minimum Gasteiger partial charge on any atom is -0.343 e. The summed E-state index contributed by atoms with van der Waals surface area (Å²) in [5.41, 5.74) is 1.15. The van der Waals surface area contributed by atoms with Crippen LogP contribution in [0, 0.1) is 0 Å². The summed E-state index contributed by atoms with van der Waals surface area (Å²) in [6, 6.07) is 10.0. The normalized spacial score (nSPS) is 10.3. The summed E-state index contributed by atoms with van der Waals surface area (Å²) in [6.45, 7) is 2.84. The monoisotopic (exact) mass is 265 g/mol. The number of amides is 1. The van der Waals surface area contributed by atoms with E-state index in [0.29, 0.717) is 6.54 Å². The van der Waals surface area contributed by atoms with Crippen LogP contribution in [-0.2, 0) is 6.54 Å². The molecule has 1 aromatic rings. The van der Waals surface area contributed by atoms with E-state index in [-0.39, 0.29) is 5.24 Å². The van der Waals surface area contributed by atoms with Crippen molar-refractivity contribution in [1.29, 1.82) is 0 Å². The second kappa shape index (κ2) is 10.0. The van der Waals surface area contributed by atoms with Crippen molar-refractivity contribution in [2.45, 2.75) is 45.6 Å². The molecule has 0 heterocycles. The Morgan fingerprint density at radius 3 is 2.56 bits per heavy atom. The van der Waals surface area contributed by atoms with Gasteiger partial charge >= 0.3 is 0 Å². The summed E-state index contributed by atoms with van der Waals surface area (Å²) in [6.07, 6.45) is 6.26. The molecule has 0 aliphatic rings. The molecule has 1 rings (SSSR count). The fourth-order valence-corrected chi connectivity index (χ4v) is 2.40. The molecule has 0 fully saturated rings. The van der Waals surface area contributed by atoms with E-state index in [2.05, 4.69) is 12.2 Å². The third-order valence-corrected chi connectivity index (χ3v) is 3.66. The Labute approximate surface area is 115 Å². The number of rotatable bonds is 8. The quantitative estimate of drug-likeness (QED) is 0.696. The van der Waals surface area contributed by atoms with Crippen LogP contribution in [0.2, 0.25) is 0 Å². The molecular weight excluding hydrogens is 242 g/mol. The van der Waals surface area contributed by atoms with Gasteiger partial charge in [-0.05, 0) is 12.0 Å². The first-order valence-electron chi connectivity index (χ1n) is 6.77. The van der Waals surface area contributed by atoms with E-state index < -0.39 is 0 Å².